The number of rotatable bonds is 5. The molecule has 22 heavy (non-hydrogen) atoms. The number of fused-ring (bicyclic) bond motifs is 1. The lowest BCUT2D eigenvalue weighted by molar-refractivity contribution is -0.118. The summed E-state index contributed by atoms with van der Waals surface area (Å²) < 4.78 is 5.52. The zero-order valence-corrected chi connectivity index (χ0v) is 12.3. The van der Waals surface area contributed by atoms with Gasteiger partial charge in [-0.1, -0.05) is 30.0 Å². The number of para-hydroxylation sites is 2. The Morgan fingerprint density at radius 1 is 1.27 bits per heavy atom. The highest BCUT2D eigenvalue weighted by molar-refractivity contribution is 7.99. The maximum atomic E-state index is 11.7. The maximum Gasteiger partial charge on any atom is 0.257 e. The monoisotopic (exact) mass is 312 g/mol. The smallest absolute Gasteiger partial charge is 0.257 e. The highest BCUT2D eigenvalue weighted by Gasteiger charge is 2.08. The minimum atomic E-state index is -0.237. The van der Waals surface area contributed by atoms with Gasteiger partial charge in [-0.25, -0.2) is 10.4 Å². The SMILES string of the molecule is O=C(CSc1nc2ccccc2o1)N/N=C\c1ccccn1. The Hall–Kier alpha value is -2.67. The second kappa shape index (κ2) is 6.86. The van der Waals surface area contributed by atoms with Crippen LogP contribution in [0.4, 0.5) is 0 Å². The molecule has 0 saturated carbocycles. The average molecular weight is 312 g/mol. The number of carbonyl (C=O) groups is 1. The van der Waals surface area contributed by atoms with E-state index in [1.165, 1.54) is 18.0 Å². The first-order valence-electron chi connectivity index (χ1n) is 6.52. The molecule has 1 amide bonds. The molecule has 2 aromatic heterocycles. The van der Waals surface area contributed by atoms with E-state index in [0.717, 1.165) is 5.52 Å². The van der Waals surface area contributed by atoms with Gasteiger partial charge in [-0.05, 0) is 24.3 Å². The third kappa shape index (κ3) is 3.70. The summed E-state index contributed by atoms with van der Waals surface area (Å²) in [6.07, 6.45) is 3.15. The predicted molar refractivity (Wildman–Crippen MR) is 84.7 cm³/mol. The number of amides is 1. The Kier molecular flexibility index (Phi) is 4.45. The van der Waals surface area contributed by atoms with Gasteiger partial charge in [-0.2, -0.15) is 5.10 Å². The average Bonchev–Trinajstić information content (AvgIpc) is 2.97. The summed E-state index contributed by atoms with van der Waals surface area (Å²) in [5, 5.41) is 4.31. The first kappa shape index (κ1) is 14.3. The number of nitrogens with one attached hydrogen (secondary N) is 1. The van der Waals surface area contributed by atoms with Crippen LogP contribution in [0.5, 0.6) is 0 Å². The van der Waals surface area contributed by atoms with Crippen LogP contribution < -0.4 is 5.43 Å². The van der Waals surface area contributed by atoms with Crippen LogP contribution >= 0.6 is 11.8 Å². The fourth-order valence-electron chi connectivity index (χ4n) is 1.70. The van der Waals surface area contributed by atoms with Crippen LogP contribution in [0.15, 0.2) is 63.4 Å². The fraction of sp³-hybridized carbons (Fsp3) is 0.0667. The predicted octanol–water partition coefficient (Wildman–Crippen LogP) is 2.47. The van der Waals surface area contributed by atoms with E-state index in [1.807, 2.05) is 36.4 Å². The van der Waals surface area contributed by atoms with Crippen molar-refractivity contribution >= 4 is 35.0 Å². The molecule has 7 heteroatoms. The maximum absolute atomic E-state index is 11.7. The number of hydrogen-bond acceptors (Lipinski definition) is 6. The third-order valence-electron chi connectivity index (χ3n) is 2.67. The fourth-order valence-corrected chi connectivity index (χ4v) is 2.33. The van der Waals surface area contributed by atoms with Gasteiger partial charge in [0.1, 0.15) is 5.52 Å². The first-order valence-corrected chi connectivity index (χ1v) is 7.51. The summed E-state index contributed by atoms with van der Waals surface area (Å²) in [7, 11) is 0. The minimum Gasteiger partial charge on any atom is -0.431 e. The van der Waals surface area contributed by atoms with E-state index in [1.54, 1.807) is 12.3 Å². The highest BCUT2D eigenvalue weighted by atomic mass is 32.2. The summed E-state index contributed by atoms with van der Waals surface area (Å²) in [6.45, 7) is 0. The number of oxazole rings is 1. The van der Waals surface area contributed by atoms with Crippen molar-refractivity contribution in [3.05, 3.63) is 54.4 Å². The molecule has 0 radical (unpaired) electrons. The van der Waals surface area contributed by atoms with Gasteiger partial charge in [-0.15, -0.1) is 0 Å². The van der Waals surface area contributed by atoms with Crippen molar-refractivity contribution in [1.29, 1.82) is 0 Å². The van der Waals surface area contributed by atoms with Crippen molar-refractivity contribution in [3.63, 3.8) is 0 Å². The number of pyridine rings is 1. The number of hydrazone groups is 1. The first-order chi connectivity index (χ1) is 10.8. The molecule has 3 rings (SSSR count). The topological polar surface area (TPSA) is 80.4 Å². The molecule has 1 aromatic carbocycles. The van der Waals surface area contributed by atoms with Crippen LogP contribution in [0.2, 0.25) is 0 Å². The largest absolute Gasteiger partial charge is 0.431 e. The molecule has 2 heterocycles. The van der Waals surface area contributed by atoms with E-state index in [9.17, 15) is 4.79 Å². The number of aromatic nitrogens is 2. The van der Waals surface area contributed by atoms with Gasteiger partial charge >= 0.3 is 0 Å². The standard InChI is InChI=1S/C15H12N4O2S/c20-14(19-17-9-11-5-3-4-8-16-11)10-22-15-18-12-6-1-2-7-13(12)21-15/h1-9H,10H2,(H,19,20)/b17-9-. The molecule has 0 aliphatic rings. The normalized spacial score (nSPS) is 11.1. The minimum absolute atomic E-state index is 0.173. The second-order valence-electron chi connectivity index (χ2n) is 4.28. The van der Waals surface area contributed by atoms with Gasteiger partial charge in [0.2, 0.25) is 0 Å². The molecule has 0 spiro atoms. The van der Waals surface area contributed by atoms with Crippen LogP contribution in [0, 0.1) is 0 Å². The molecule has 6 nitrogen and oxygen atoms in total. The molecule has 0 bridgehead atoms. The lowest BCUT2D eigenvalue weighted by Crippen LogP contribution is -2.19. The van der Waals surface area contributed by atoms with Crippen LogP contribution in [0.25, 0.3) is 11.1 Å². The van der Waals surface area contributed by atoms with Crippen LogP contribution in [0.1, 0.15) is 5.69 Å². The van der Waals surface area contributed by atoms with Crippen molar-refractivity contribution in [2.24, 2.45) is 5.10 Å². The van der Waals surface area contributed by atoms with Gasteiger partial charge in [0.15, 0.2) is 5.58 Å². The van der Waals surface area contributed by atoms with Crippen molar-refractivity contribution in [2.45, 2.75) is 5.22 Å². The van der Waals surface area contributed by atoms with Gasteiger partial charge < -0.3 is 4.42 Å². The van der Waals surface area contributed by atoms with Gasteiger partial charge in [-0.3, -0.25) is 9.78 Å². The Morgan fingerprint density at radius 2 is 2.14 bits per heavy atom. The molecule has 0 aliphatic heterocycles. The summed E-state index contributed by atoms with van der Waals surface area (Å²) in [4.78, 5) is 20.0. The highest BCUT2D eigenvalue weighted by Crippen LogP contribution is 2.22. The van der Waals surface area contributed by atoms with Crippen molar-refractivity contribution in [1.82, 2.24) is 15.4 Å². The molecule has 0 aliphatic carbocycles. The Labute approximate surface area is 130 Å². The van der Waals surface area contributed by atoms with E-state index < -0.39 is 0 Å². The number of carbonyl (C=O) groups excluding carboxylic acids is 1. The summed E-state index contributed by atoms with van der Waals surface area (Å²) in [5.74, 6) is -0.0636. The molecule has 0 unspecified atom stereocenters. The van der Waals surface area contributed by atoms with Crippen LogP contribution in [0.3, 0.4) is 0 Å². The number of benzene rings is 1. The summed E-state index contributed by atoms with van der Waals surface area (Å²) in [5.41, 5.74) is 4.59. The summed E-state index contributed by atoms with van der Waals surface area (Å²) in [6, 6.07) is 12.9. The van der Waals surface area contributed by atoms with E-state index in [4.69, 9.17) is 4.42 Å². The second-order valence-corrected chi connectivity index (χ2v) is 5.21. The number of thioether (sulfide) groups is 1. The zero-order valence-electron chi connectivity index (χ0n) is 11.5. The van der Waals surface area contributed by atoms with Crippen molar-refractivity contribution in [3.8, 4) is 0 Å². The Morgan fingerprint density at radius 3 is 2.95 bits per heavy atom. The molecule has 0 fully saturated rings. The Bertz CT molecular complexity index is 768. The molecular formula is C15H12N4O2S. The van der Waals surface area contributed by atoms with Crippen LogP contribution in [-0.2, 0) is 4.79 Å². The molecular weight excluding hydrogens is 300 g/mol. The lowest BCUT2D eigenvalue weighted by Gasteiger charge is -1.96. The number of nitrogens with zero attached hydrogens (tertiary/aromatic N) is 3. The van der Waals surface area contributed by atoms with E-state index in [-0.39, 0.29) is 11.7 Å². The van der Waals surface area contributed by atoms with Gasteiger partial charge in [0.05, 0.1) is 17.7 Å². The summed E-state index contributed by atoms with van der Waals surface area (Å²) >= 11 is 1.22. The number of hydrogen-bond donors (Lipinski definition) is 1. The van der Waals surface area contributed by atoms with Gasteiger partial charge in [0, 0.05) is 6.20 Å². The quantitative estimate of drug-likeness (QED) is 0.445. The Balaban J connectivity index is 1.51. The molecule has 0 atom stereocenters. The molecule has 1 N–H and O–H groups in total. The van der Waals surface area contributed by atoms with Crippen molar-refractivity contribution < 1.29 is 9.21 Å². The zero-order chi connectivity index (χ0) is 15.2. The molecule has 3 aromatic rings. The van der Waals surface area contributed by atoms with E-state index in [2.05, 4.69) is 20.5 Å². The van der Waals surface area contributed by atoms with E-state index >= 15 is 0 Å². The molecule has 0 saturated heterocycles. The molecule has 110 valence electrons. The third-order valence-corrected chi connectivity index (χ3v) is 3.50. The van der Waals surface area contributed by atoms with Crippen molar-refractivity contribution in [2.75, 3.05) is 5.75 Å². The van der Waals surface area contributed by atoms with E-state index in [0.29, 0.717) is 16.5 Å². The lowest BCUT2D eigenvalue weighted by atomic mass is 10.3. The van der Waals surface area contributed by atoms with Crippen LogP contribution in [-0.4, -0.2) is 27.8 Å². The van der Waals surface area contributed by atoms with Gasteiger partial charge in [0.25, 0.3) is 11.1 Å².